The Labute approximate surface area is 78.0 Å². The van der Waals surface area contributed by atoms with Crippen molar-refractivity contribution in [3.05, 3.63) is 0 Å². The molecule has 0 aliphatic carbocycles. The van der Waals surface area contributed by atoms with Gasteiger partial charge in [-0.05, 0) is 0 Å². The van der Waals surface area contributed by atoms with Gasteiger partial charge in [0.2, 0.25) is 0 Å². The van der Waals surface area contributed by atoms with E-state index in [9.17, 15) is 9.36 Å². The summed E-state index contributed by atoms with van der Waals surface area (Å²) in [5.41, 5.74) is 4.84. The van der Waals surface area contributed by atoms with Crippen molar-refractivity contribution in [1.29, 1.82) is 0 Å². The summed E-state index contributed by atoms with van der Waals surface area (Å²) in [6.07, 6.45) is -4.51. The van der Waals surface area contributed by atoms with Crippen LogP contribution in [0.1, 0.15) is 0 Å². The Balaban J connectivity index is 4.32. The van der Waals surface area contributed by atoms with E-state index in [1.165, 1.54) is 0 Å². The summed E-state index contributed by atoms with van der Waals surface area (Å²) in [4.78, 5) is 26.5. The third kappa shape index (κ3) is 4.63. The molecule has 14 heavy (non-hydrogen) atoms. The Bertz CT molecular complexity index is 250. The van der Waals surface area contributed by atoms with Gasteiger partial charge >= 0.3 is 13.8 Å². The molecular formula is C4H10NO8P. The molecule has 9 nitrogen and oxygen atoms in total. The van der Waals surface area contributed by atoms with Gasteiger partial charge in [-0.3, -0.25) is 9.32 Å². The fourth-order valence-corrected chi connectivity index (χ4v) is 0.933. The summed E-state index contributed by atoms with van der Waals surface area (Å²) < 4.78 is 13.8. The van der Waals surface area contributed by atoms with Gasteiger partial charge in [0.05, 0.1) is 0 Å². The Morgan fingerprint density at radius 1 is 1.36 bits per heavy atom. The second-order valence-corrected chi connectivity index (χ2v) is 3.53. The standard InChI is InChI=1S/C4H10NO8P/c5-1(3(7)8)2(6)4(9)13-14(10,11)12/h1-2,4,6,9H,5H2,(H,7,8)(H2,10,11,12)/t1-,2-,4?/m0/s1. The van der Waals surface area contributed by atoms with Crippen molar-refractivity contribution in [1.82, 2.24) is 0 Å². The molecule has 0 rings (SSSR count). The fraction of sp³-hybridized carbons (Fsp3) is 0.750. The highest BCUT2D eigenvalue weighted by atomic mass is 31.2. The molecular weight excluding hydrogens is 221 g/mol. The summed E-state index contributed by atoms with van der Waals surface area (Å²) >= 11 is 0. The molecule has 84 valence electrons. The number of hydrogen-bond donors (Lipinski definition) is 6. The van der Waals surface area contributed by atoms with E-state index in [4.69, 9.17) is 30.8 Å². The number of phosphoric ester groups is 1. The van der Waals surface area contributed by atoms with Crippen molar-refractivity contribution in [2.45, 2.75) is 18.4 Å². The highest BCUT2D eigenvalue weighted by Gasteiger charge is 2.33. The van der Waals surface area contributed by atoms with Gasteiger partial charge < -0.3 is 30.8 Å². The van der Waals surface area contributed by atoms with Gasteiger partial charge in [-0.1, -0.05) is 0 Å². The van der Waals surface area contributed by atoms with Crippen LogP contribution in [0.4, 0.5) is 0 Å². The van der Waals surface area contributed by atoms with E-state index in [0.717, 1.165) is 0 Å². The van der Waals surface area contributed by atoms with Crippen molar-refractivity contribution in [3.8, 4) is 0 Å². The van der Waals surface area contributed by atoms with E-state index < -0.39 is 32.2 Å². The van der Waals surface area contributed by atoms with E-state index in [1.54, 1.807) is 0 Å². The maximum Gasteiger partial charge on any atom is 0.472 e. The largest absolute Gasteiger partial charge is 0.480 e. The van der Waals surface area contributed by atoms with Crippen LogP contribution in [0.25, 0.3) is 0 Å². The van der Waals surface area contributed by atoms with E-state index in [-0.39, 0.29) is 0 Å². The lowest BCUT2D eigenvalue weighted by atomic mass is 10.2. The predicted octanol–water partition coefficient (Wildman–Crippen LogP) is -2.81. The number of nitrogens with two attached hydrogens (primary N) is 1. The quantitative estimate of drug-likeness (QED) is 0.215. The lowest BCUT2D eigenvalue weighted by Gasteiger charge is -2.20. The maximum atomic E-state index is 10.2. The topological polar surface area (TPSA) is 171 Å². The monoisotopic (exact) mass is 231 g/mol. The van der Waals surface area contributed by atoms with E-state index in [2.05, 4.69) is 4.52 Å². The van der Waals surface area contributed by atoms with Crippen LogP contribution in [0.2, 0.25) is 0 Å². The number of carboxylic acid groups (broad SMARTS) is 1. The number of aliphatic hydroxyl groups excluding tert-OH is 2. The summed E-state index contributed by atoms with van der Waals surface area (Å²) in [7, 11) is -5.00. The van der Waals surface area contributed by atoms with Crippen LogP contribution < -0.4 is 5.73 Å². The zero-order valence-electron chi connectivity index (χ0n) is 6.72. The highest BCUT2D eigenvalue weighted by molar-refractivity contribution is 7.46. The summed E-state index contributed by atoms with van der Waals surface area (Å²) in [5, 5.41) is 25.9. The number of aliphatic hydroxyl groups is 2. The molecule has 3 atom stereocenters. The molecule has 0 aromatic heterocycles. The highest BCUT2D eigenvalue weighted by Crippen LogP contribution is 2.37. The van der Waals surface area contributed by atoms with E-state index in [0.29, 0.717) is 0 Å². The van der Waals surface area contributed by atoms with Crippen LogP contribution in [0.3, 0.4) is 0 Å². The van der Waals surface area contributed by atoms with Crippen molar-refractivity contribution >= 4 is 13.8 Å². The molecule has 0 saturated heterocycles. The molecule has 0 bridgehead atoms. The fourth-order valence-electron chi connectivity index (χ4n) is 0.526. The lowest BCUT2D eigenvalue weighted by Crippen LogP contribution is -2.48. The van der Waals surface area contributed by atoms with E-state index >= 15 is 0 Å². The first-order chi connectivity index (χ1) is 6.15. The molecule has 0 fully saturated rings. The van der Waals surface area contributed by atoms with Crippen LogP contribution in [0, 0.1) is 0 Å². The molecule has 7 N–H and O–H groups in total. The van der Waals surface area contributed by atoms with Crippen molar-refractivity contribution in [2.75, 3.05) is 0 Å². The summed E-state index contributed by atoms with van der Waals surface area (Å²) in [6, 6.07) is -1.91. The van der Waals surface area contributed by atoms with Gasteiger partial charge in [0.25, 0.3) is 0 Å². The zero-order valence-corrected chi connectivity index (χ0v) is 7.61. The van der Waals surface area contributed by atoms with Crippen LogP contribution in [-0.4, -0.2) is 49.5 Å². The molecule has 0 spiro atoms. The Morgan fingerprint density at radius 2 is 1.79 bits per heavy atom. The minimum atomic E-state index is -5.00. The van der Waals surface area contributed by atoms with Gasteiger partial charge in [-0.25, -0.2) is 4.57 Å². The van der Waals surface area contributed by atoms with Crippen LogP contribution in [-0.2, 0) is 13.9 Å². The Kier molecular flexibility index (Phi) is 4.62. The van der Waals surface area contributed by atoms with Crippen molar-refractivity contribution in [2.24, 2.45) is 5.73 Å². The van der Waals surface area contributed by atoms with Crippen LogP contribution >= 0.6 is 7.82 Å². The number of aliphatic carboxylic acids is 1. The molecule has 0 aromatic rings. The SMILES string of the molecule is N[C@H](C(=O)O)[C@H](O)C(O)OP(=O)(O)O. The number of phosphoric acid groups is 1. The molecule has 0 radical (unpaired) electrons. The van der Waals surface area contributed by atoms with Gasteiger partial charge in [-0.15, -0.1) is 0 Å². The minimum Gasteiger partial charge on any atom is -0.480 e. The number of hydrogen-bond acceptors (Lipinski definition) is 6. The normalized spacial score (nSPS) is 18.6. The first-order valence-corrected chi connectivity index (χ1v) is 4.76. The van der Waals surface area contributed by atoms with Gasteiger partial charge in [-0.2, -0.15) is 0 Å². The Hall–Kier alpha value is -0.540. The van der Waals surface area contributed by atoms with Crippen molar-refractivity contribution < 1.29 is 39.0 Å². The molecule has 10 heteroatoms. The zero-order chi connectivity index (χ0) is 11.5. The van der Waals surface area contributed by atoms with Crippen LogP contribution in [0.5, 0.6) is 0 Å². The molecule has 0 aromatic carbocycles. The number of rotatable bonds is 5. The van der Waals surface area contributed by atoms with Gasteiger partial charge in [0, 0.05) is 0 Å². The average molecular weight is 231 g/mol. The molecule has 1 unspecified atom stereocenters. The predicted molar refractivity (Wildman–Crippen MR) is 40.8 cm³/mol. The first-order valence-electron chi connectivity index (χ1n) is 3.23. The number of carboxylic acids is 1. The molecule has 0 heterocycles. The summed E-state index contributed by atoms with van der Waals surface area (Å²) in [6.45, 7) is 0. The first kappa shape index (κ1) is 13.5. The average Bonchev–Trinajstić information content (AvgIpc) is 1.98. The molecule has 0 aliphatic heterocycles. The van der Waals surface area contributed by atoms with Crippen LogP contribution in [0.15, 0.2) is 0 Å². The van der Waals surface area contributed by atoms with Crippen molar-refractivity contribution in [3.63, 3.8) is 0 Å². The third-order valence-electron chi connectivity index (χ3n) is 1.19. The Morgan fingerprint density at radius 3 is 2.07 bits per heavy atom. The van der Waals surface area contributed by atoms with Gasteiger partial charge in [0.1, 0.15) is 12.1 Å². The smallest absolute Gasteiger partial charge is 0.472 e. The second kappa shape index (κ2) is 4.80. The van der Waals surface area contributed by atoms with Gasteiger partial charge in [0.15, 0.2) is 6.29 Å². The number of carbonyl (C=O) groups is 1. The van der Waals surface area contributed by atoms with E-state index in [1.807, 2.05) is 0 Å². The molecule has 0 saturated carbocycles. The molecule has 0 aliphatic rings. The molecule has 0 amide bonds. The third-order valence-corrected chi connectivity index (χ3v) is 1.68. The minimum absolute atomic E-state index is 1.65. The lowest BCUT2D eigenvalue weighted by molar-refractivity contribution is -0.155. The maximum absolute atomic E-state index is 10.2. The summed E-state index contributed by atoms with van der Waals surface area (Å²) in [5.74, 6) is -1.65. The second-order valence-electron chi connectivity index (χ2n) is 2.34.